The predicted molar refractivity (Wildman–Crippen MR) is 94.3 cm³/mol. The van der Waals surface area contributed by atoms with E-state index >= 15 is 0 Å². The first kappa shape index (κ1) is 19.1. The number of aliphatic hydroxyl groups is 2. The smallest absolute Gasteiger partial charge is 0.123 e. The zero-order valence-electron chi connectivity index (χ0n) is 14.5. The highest BCUT2D eigenvalue weighted by molar-refractivity contribution is 5.43. The van der Waals surface area contributed by atoms with Crippen molar-refractivity contribution in [3.8, 4) is 6.07 Å². The average Bonchev–Trinajstić information content (AvgIpc) is 2.62. The number of hydrogen-bond donors (Lipinski definition) is 2. The van der Waals surface area contributed by atoms with Crippen molar-refractivity contribution in [1.29, 1.82) is 5.26 Å². The lowest BCUT2D eigenvalue weighted by molar-refractivity contribution is 0.0309. The van der Waals surface area contributed by atoms with Gasteiger partial charge in [0.1, 0.15) is 12.0 Å². The topological polar surface area (TPSA) is 67.5 Å². The first-order valence-corrected chi connectivity index (χ1v) is 8.20. The normalized spacial score (nSPS) is 13.5. The maximum atomic E-state index is 13.3. The molecule has 2 aromatic carbocycles. The molecule has 1 unspecified atom stereocenters. The number of nitriles is 1. The molecule has 0 aromatic heterocycles. The fourth-order valence-corrected chi connectivity index (χ4v) is 2.92. The average molecular weight is 342 g/mol. The van der Waals surface area contributed by atoms with Crippen molar-refractivity contribution in [3.63, 3.8) is 0 Å². The lowest BCUT2D eigenvalue weighted by atomic mass is 9.84. The fourth-order valence-electron chi connectivity index (χ4n) is 2.92. The molecule has 2 aromatic rings. The molecule has 0 fully saturated rings. The van der Waals surface area contributed by atoms with Crippen LogP contribution in [-0.2, 0) is 6.61 Å². The Morgan fingerprint density at radius 1 is 1.12 bits per heavy atom. The van der Waals surface area contributed by atoms with Crippen molar-refractivity contribution < 1.29 is 14.6 Å². The van der Waals surface area contributed by atoms with Gasteiger partial charge in [0.25, 0.3) is 0 Å². The highest BCUT2D eigenvalue weighted by atomic mass is 19.1. The van der Waals surface area contributed by atoms with Gasteiger partial charge >= 0.3 is 0 Å². The molecule has 0 aliphatic rings. The number of aliphatic hydroxyl groups excluding tert-OH is 2. The largest absolute Gasteiger partial charge is 0.392 e. The van der Waals surface area contributed by atoms with E-state index in [1.54, 1.807) is 43.3 Å². The predicted octanol–water partition coefficient (Wildman–Crippen LogP) is 2.98. The Morgan fingerprint density at radius 2 is 1.80 bits per heavy atom. The van der Waals surface area contributed by atoms with Gasteiger partial charge in [-0.3, -0.25) is 4.90 Å². The van der Waals surface area contributed by atoms with Crippen molar-refractivity contribution in [3.05, 3.63) is 70.5 Å². The second-order valence-electron chi connectivity index (χ2n) is 6.31. The molecule has 0 radical (unpaired) electrons. The maximum Gasteiger partial charge on any atom is 0.123 e. The first-order valence-electron chi connectivity index (χ1n) is 8.20. The number of rotatable bonds is 7. The molecule has 2 rings (SSSR count). The Hall–Kier alpha value is -2.26. The molecule has 0 bridgehead atoms. The van der Waals surface area contributed by atoms with Gasteiger partial charge in [-0.05, 0) is 67.9 Å². The van der Waals surface area contributed by atoms with Crippen molar-refractivity contribution in [2.24, 2.45) is 0 Å². The molecule has 2 atom stereocenters. The van der Waals surface area contributed by atoms with Gasteiger partial charge < -0.3 is 10.2 Å². The molecule has 0 amide bonds. The van der Waals surface area contributed by atoms with Gasteiger partial charge in [0.2, 0.25) is 0 Å². The Bertz CT molecular complexity index is 738. The molecule has 25 heavy (non-hydrogen) atoms. The van der Waals surface area contributed by atoms with E-state index < -0.39 is 6.23 Å². The van der Waals surface area contributed by atoms with Crippen molar-refractivity contribution >= 4 is 0 Å². The van der Waals surface area contributed by atoms with Crippen LogP contribution in [0.4, 0.5) is 4.39 Å². The van der Waals surface area contributed by atoms with Crippen LogP contribution in [0.15, 0.2) is 42.5 Å². The molecule has 0 heterocycles. The van der Waals surface area contributed by atoms with Crippen LogP contribution in [0.1, 0.15) is 41.0 Å². The summed E-state index contributed by atoms with van der Waals surface area (Å²) in [6.07, 6.45) is 0.572. The van der Waals surface area contributed by atoms with E-state index in [2.05, 4.69) is 6.07 Å². The zero-order valence-corrected chi connectivity index (χ0v) is 14.5. The summed E-state index contributed by atoms with van der Waals surface area (Å²) in [6, 6.07) is 13.6. The summed E-state index contributed by atoms with van der Waals surface area (Å²) in [5, 5.41) is 28.9. The summed E-state index contributed by atoms with van der Waals surface area (Å²) >= 11 is 0. The maximum absolute atomic E-state index is 13.3. The van der Waals surface area contributed by atoms with Gasteiger partial charge in [-0.1, -0.05) is 18.2 Å². The molecule has 4 nitrogen and oxygen atoms in total. The summed E-state index contributed by atoms with van der Waals surface area (Å²) in [4.78, 5) is 1.73. The van der Waals surface area contributed by atoms with Gasteiger partial charge in [0.05, 0.1) is 18.2 Å². The fraction of sp³-hybridized carbons (Fsp3) is 0.350. The second-order valence-corrected chi connectivity index (χ2v) is 6.31. The Labute approximate surface area is 147 Å². The number of hydrogen-bond acceptors (Lipinski definition) is 4. The minimum Gasteiger partial charge on any atom is -0.392 e. The van der Waals surface area contributed by atoms with Crippen LogP contribution >= 0.6 is 0 Å². The second kappa shape index (κ2) is 8.72. The number of benzene rings is 2. The lowest BCUT2D eigenvalue weighted by Crippen LogP contribution is -2.27. The quantitative estimate of drug-likeness (QED) is 0.759. The van der Waals surface area contributed by atoms with Gasteiger partial charge in [-0.2, -0.15) is 5.26 Å². The molecular formula is C20H23FN2O2. The monoisotopic (exact) mass is 342 g/mol. The van der Waals surface area contributed by atoms with Crippen molar-refractivity contribution in [1.82, 2.24) is 4.90 Å². The van der Waals surface area contributed by atoms with Crippen molar-refractivity contribution in [2.45, 2.75) is 31.6 Å². The third-order valence-electron chi connectivity index (χ3n) is 4.40. The molecular weight excluding hydrogens is 319 g/mol. The van der Waals surface area contributed by atoms with Crippen molar-refractivity contribution in [2.75, 3.05) is 14.1 Å². The number of nitrogens with zero attached hydrogens (tertiary/aromatic N) is 2. The number of halogens is 1. The van der Waals surface area contributed by atoms with E-state index in [4.69, 9.17) is 5.26 Å². The zero-order chi connectivity index (χ0) is 18.4. The van der Waals surface area contributed by atoms with E-state index in [-0.39, 0.29) is 18.3 Å². The van der Waals surface area contributed by atoms with Gasteiger partial charge in [-0.15, -0.1) is 0 Å². The van der Waals surface area contributed by atoms with Crippen LogP contribution in [0, 0.1) is 17.1 Å². The van der Waals surface area contributed by atoms with Gasteiger partial charge in [0, 0.05) is 5.92 Å². The molecule has 0 aliphatic heterocycles. The summed E-state index contributed by atoms with van der Waals surface area (Å²) in [6.45, 7) is -0.182. The summed E-state index contributed by atoms with van der Waals surface area (Å²) in [5.41, 5.74) is 2.96. The van der Waals surface area contributed by atoms with E-state index in [9.17, 15) is 14.6 Å². The van der Waals surface area contributed by atoms with E-state index in [0.29, 0.717) is 24.0 Å². The molecule has 0 spiro atoms. The molecule has 132 valence electrons. The van der Waals surface area contributed by atoms with E-state index in [0.717, 1.165) is 11.1 Å². The van der Waals surface area contributed by atoms with E-state index in [1.165, 1.54) is 12.1 Å². The first-order chi connectivity index (χ1) is 12.0. The molecule has 2 N–H and O–H groups in total. The highest BCUT2D eigenvalue weighted by Gasteiger charge is 2.20. The summed E-state index contributed by atoms with van der Waals surface area (Å²) in [7, 11) is 3.61. The molecule has 0 aliphatic carbocycles. The van der Waals surface area contributed by atoms with E-state index in [1.807, 2.05) is 6.07 Å². The van der Waals surface area contributed by atoms with Crippen LogP contribution in [-0.4, -0.2) is 35.4 Å². The van der Waals surface area contributed by atoms with Crippen LogP contribution in [0.2, 0.25) is 0 Å². The minimum absolute atomic E-state index is 0.106. The Balaban J connectivity index is 2.40. The van der Waals surface area contributed by atoms with Gasteiger partial charge in [-0.25, -0.2) is 4.39 Å². The van der Waals surface area contributed by atoms with Crippen LogP contribution in [0.5, 0.6) is 0 Å². The molecule has 0 saturated heterocycles. The SMILES string of the molecule is CN(C)[C@@H](O)CCC(c1ccc(F)cc1)c1ccc(C#N)cc1CO. The molecule has 0 saturated carbocycles. The molecule has 5 heteroatoms. The van der Waals surface area contributed by atoms with Crippen LogP contribution in [0.3, 0.4) is 0 Å². The third-order valence-corrected chi connectivity index (χ3v) is 4.40. The van der Waals surface area contributed by atoms with Crippen LogP contribution in [0.25, 0.3) is 0 Å². The van der Waals surface area contributed by atoms with Crippen LogP contribution < -0.4 is 0 Å². The minimum atomic E-state index is -0.584. The van der Waals surface area contributed by atoms with Gasteiger partial charge in [0.15, 0.2) is 0 Å². The summed E-state index contributed by atoms with van der Waals surface area (Å²) < 4.78 is 13.3. The lowest BCUT2D eigenvalue weighted by Gasteiger charge is -2.24. The highest BCUT2D eigenvalue weighted by Crippen LogP contribution is 2.33. The standard InChI is InChI=1S/C20H23FN2O2/c1-23(2)20(25)10-9-18(15-4-6-17(21)7-5-15)19-8-3-14(12-22)11-16(19)13-24/h3-8,11,18,20,24-25H,9-10,13H2,1-2H3/t18?,20-/m0/s1. The Morgan fingerprint density at radius 3 is 2.36 bits per heavy atom. The summed E-state index contributed by atoms with van der Waals surface area (Å²) in [5.74, 6) is -0.414. The third kappa shape index (κ3) is 4.86. The Kier molecular flexibility index (Phi) is 6.65.